The number of aromatic hydroxyl groups is 3. The third kappa shape index (κ3) is 3.33. The fourth-order valence-corrected chi connectivity index (χ4v) is 1.82. The number of allylic oxidation sites excluding steroid dienone is 1. The van der Waals surface area contributed by atoms with Gasteiger partial charge in [0.05, 0.1) is 12.7 Å². The van der Waals surface area contributed by atoms with Crippen LogP contribution < -0.4 is 4.74 Å². The van der Waals surface area contributed by atoms with Gasteiger partial charge >= 0.3 is 0 Å². The zero-order valence-corrected chi connectivity index (χ0v) is 11.3. The Labute approximate surface area is 121 Å². The number of rotatable bonds is 4. The number of phenols is 3. The van der Waals surface area contributed by atoms with Gasteiger partial charge < -0.3 is 20.1 Å². The highest BCUT2D eigenvalue weighted by molar-refractivity contribution is 6.07. The van der Waals surface area contributed by atoms with Crippen LogP contribution >= 0.6 is 0 Å². The molecule has 0 spiro atoms. The van der Waals surface area contributed by atoms with Crippen LogP contribution in [0.4, 0.5) is 0 Å². The molecule has 0 radical (unpaired) electrons. The van der Waals surface area contributed by atoms with Gasteiger partial charge in [0, 0.05) is 17.7 Å². The molecule has 0 aromatic heterocycles. The lowest BCUT2D eigenvalue weighted by Crippen LogP contribution is -1.94. The quantitative estimate of drug-likeness (QED) is 0.594. The highest BCUT2D eigenvalue weighted by Gasteiger charge is 2.09. The molecule has 2 rings (SSSR count). The molecule has 2 aromatic rings. The van der Waals surface area contributed by atoms with Crippen molar-refractivity contribution in [2.24, 2.45) is 0 Å². The summed E-state index contributed by atoms with van der Waals surface area (Å²) in [6.07, 6.45) is 2.68. The molecule has 0 aliphatic rings. The number of methoxy groups -OCH3 is 1. The summed E-state index contributed by atoms with van der Waals surface area (Å²) in [6, 6.07) is 8.32. The fourth-order valence-electron chi connectivity index (χ4n) is 1.82. The molecule has 0 aliphatic carbocycles. The average molecular weight is 286 g/mol. The third-order valence-corrected chi connectivity index (χ3v) is 2.88. The van der Waals surface area contributed by atoms with Crippen LogP contribution in [0.15, 0.2) is 42.5 Å². The summed E-state index contributed by atoms with van der Waals surface area (Å²) >= 11 is 0. The molecule has 3 N–H and O–H groups in total. The van der Waals surface area contributed by atoms with Crippen LogP contribution in [0.3, 0.4) is 0 Å². The largest absolute Gasteiger partial charge is 0.508 e. The molecule has 0 aliphatic heterocycles. The summed E-state index contributed by atoms with van der Waals surface area (Å²) in [5.41, 5.74) is 0.698. The summed E-state index contributed by atoms with van der Waals surface area (Å²) in [5, 5.41) is 28.3. The number of hydrogen-bond acceptors (Lipinski definition) is 5. The van der Waals surface area contributed by atoms with Crippen LogP contribution in [0.5, 0.6) is 23.0 Å². The molecular weight excluding hydrogens is 272 g/mol. The van der Waals surface area contributed by atoms with Crippen LogP contribution in [-0.2, 0) is 0 Å². The van der Waals surface area contributed by atoms with Crippen molar-refractivity contribution < 1.29 is 24.9 Å². The molecule has 2 aromatic carbocycles. The second kappa shape index (κ2) is 6.00. The Hall–Kier alpha value is -2.95. The molecule has 5 heteroatoms. The van der Waals surface area contributed by atoms with E-state index in [0.29, 0.717) is 11.1 Å². The van der Waals surface area contributed by atoms with E-state index in [4.69, 9.17) is 4.74 Å². The van der Waals surface area contributed by atoms with Crippen molar-refractivity contribution in [3.8, 4) is 23.0 Å². The Balaban J connectivity index is 2.29. The summed E-state index contributed by atoms with van der Waals surface area (Å²) in [4.78, 5) is 12.0. The van der Waals surface area contributed by atoms with E-state index in [9.17, 15) is 20.1 Å². The van der Waals surface area contributed by atoms with E-state index in [1.807, 2.05) is 0 Å². The molecule has 0 amide bonds. The van der Waals surface area contributed by atoms with Crippen LogP contribution in [0.2, 0.25) is 0 Å². The van der Waals surface area contributed by atoms with Crippen molar-refractivity contribution in [1.29, 1.82) is 0 Å². The summed E-state index contributed by atoms with van der Waals surface area (Å²) < 4.78 is 5.05. The molecule has 0 saturated carbocycles. The van der Waals surface area contributed by atoms with Crippen molar-refractivity contribution >= 4 is 11.9 Å². The van der Waals surface area contributed by atoms with Crippen molar-refractivity contribution in [1.82, 2.24) is 0 Å². The lowest BCUT2D eigenvalue weighted by atomic mass is 10.1. The van der Waals surface area contributed by atoms with Gasteiger partial charge in [0.25, 0.3) is 0 Å². The maximum absolute atomic E-state index is 12.0. The van der Waals surface area contributed by atoms with Gasteiger partial charge in [-0.3, -0.25) is 4.79 Å². The highest BCUT2D eigenvalue weighted by atomic mass is 16.5. The van der Waals surface area contributed by atoms with Gasteiger partial charge in [0.1, 0.15) is 23.0 Å². The van der Waals surface area contributed by atoms with Gasteiger partial charge in [0.15, 0.2) is 5.78 Å². The lowest BCUT2D eigenvalue weighted by molar-refractivity contribution is 0.104. The minimum absolute atomic E-state index is 0.0772. The number of carbonyl (C=O) groups excluding carboxylic acids is 1. The maximum atomic E-state index is 12.0. The highest BCUT2D eigenvalue weighted by Crippen LogP contribution is 2.33. The van der Waals surface area contributed by atoms with Crippen molar-refractivity contribution in [2.45, 2.75) is 0 Å². The van der Waals surface area contributed by atoms with Crippen molar-refractivity contribution in [3.63, 3.8) is 0 Å². The SMILES string of the molecule is COc1cc(O)cc(O)c1C=CC(=O)c1ccc(O)cc1. The van der Waals surface area contributed by atoms with Crippen LogP contribution in [0.25, 0.3) is 6.08 Å². The van der Waals surface area contributed by atoms with E-state index in [1.165, 1.54) is 49.6 Å². The maximum Gasteiger partial charge on any atom is 0.185 e. The molecule has 5 nitrogen and oxygen atoms in total. The average Bonchev–Trinajstić information content (AvgIpc) is 2.46. The van der Waals surface area contributed by atoms with Crippen LogP contribution in [-0.4, -0.2) is 28.2 Å². The van der Waals surface area contributed by atoms with Crippen molar-refractivity contribution in [2.75, 3.05) is 7.11 Å². The first kappa shape index (κ1) is 14.5. The number of ketones is 1. The molecular formula is C16H14O5. The minimum atomic E-state index is -0.287. The monoisotopic (exact) mass is 286 g/mol. The first-order chi connectivity index (χ1) is 10.0. The number of phenolic OH excluding ortho intramolecular Hbond substituents is 3. The first-order valence-corrected chi connectivity index (χ1v) is 6.12. The third-order valence-electron chi connectivity index (χ3n) is 2.88. The van der Waals surface area contributed by atoms with E-state index < -0.39 is 0 Å². The van der Waals surface area contributed by atoms with Crippen LogP contribution in [0.1, 0.15) is 15.9 Å². The van der Waals surface area contributed by atoms with Crippen LogP contribution in [0, 0.1) is 0 Å². The smallest absolute Gasteiger partial charge is 0.185 e. The number of hydrogen-bond donors (Lipinski definition) is 3. The van der Waals surface area contributed by atoms with E-state index in [2.05, 4.69) is 0 Å². The predicted octanol–water partition coefficient (Wildman–Crippen LogP) is 2.71. The Bertz CT molecular complexity index is 687. The topological polar surface area (TPSA) is 87.0 Å². The summed E-state index contributed by atoms with van der Waals surface area (Å²) in [5.74, 6) is -0.284. The molecule has 0 atom stereocenters. The Morgan fingerprint density at radius 2 is 1.71 bits per heavy atom. The standard InChI is InChI=1S/C16H14O5/c1-21-16-9-12(18)8-15(20)13(16)6-7-14(19)10-2-4-11(17)5-3-10/h2-9,17-18,20H,1H3. The second-order valence-corrected chi connectivity index (χ2v) is 4.33. The van der Waals surface area contributed by atoms with Gasteiger partial charge in [-0.05, 0) is 36.4 Å². The van der Waals surface area contributed by atoms with Gasteiger partial charge in [-0.1, -0.05) is 0 Å². The summed E-state index contributed by atoms with van der Waals surface area (Å²) in [6.45, 7) is 0. The van der Waals surface area contributed by atoms with E-state index in [1.54, 1.807) is 0 Å². The van der Waals surface area contributed by atoms with Gasteiger partial charge in [-0.25, -0.2) is 0 Å². The lowest BCUT2D eigenvalue weighted by Gasteiger charge is -2.07. The summed E-state index contributed by atoms with van der Waals surface area (Å²) in [7, 11) is 1.40. The molecule has 0 unspecified atom stereocenters. The molecule has 0 bridgehead atoms. The second-order valence-electron chi connectivity index (χ2n) is 4.33. The minimum Gasteiger partial charge on any atom is -0.508 e. The van der Waals surface area contributed by atoms with E-state index >= 15 is 0 Å². The molecule has 21 heavy (non-hydrogen) atoms. The van der Waals surface area contributed by atoms with Crippen molar-refractivity contribution in [3.05, 3.63) is 53.6 Å². The zero-order valence-electron chi connectivity index (χ0n) is 11.3. The number of benzene rings is 2. The first-order valence-electron chi connectivity index (χ1n) is 6.12. The Morgan fingerprint density at radius 1 is 1.05 bits per heavy atom. The van der Waals surface area contributed by atoms with Gasteiger partial charge in [-0.2, -0.15) is 0 Å². The Morgan fingerprint density at radius 3 is 2.33 bits per heavy atom. The molecule has 108 valence electrons. The zero-order chi connectivity index (χ0) is 15.4. The Kier molecular flexibility index (Phi) is 4.13. The predicted molar refractivity (Wildman–Crippen MR) is 77.8 cm³/mol. The number of ether oxygens (including phenoxy) is 1. The fraction of sp³-hybridized carbons (Fsp3) is 0.0625. The van der Waals surface area contributed by atoms with E-state index in [-0.39, 0.29) is 28.8 Å². The normalized spacial score (nSPS) is 10.7. The van der Waals surface area contributed by atoms with E-state index in [0.717, 1.165) is 6.07 Å². The molecule has 0 saturated heterocycles. The van der Waals surface area contributed by atoms with Gasteiger partial charge in [0.2, 0.25) is 0 Å². The molecule has 0 heterocycles. The number of carbonyl (C=O) groups is 1. The van der Waals surface area contributed by atoms with Gasteiger partial charge in [-0.15, -0.1) is 0 Å². The molecule has 0 fully saturated rings.